The van der Waals surface area contributed by atoms with Crippen LogP contribution in [0.2, 0.25) is 5.02 Å². The van der Waals surface area contributed by atoms with Crippen molar-refractivity contribution in [3.05, 3.63) is 70.5 Å². The van der Waals surface area contributed by atoms with Crippen LogP contribution < -0.4 is 9.47 Å². The highest BCUT2D eigenvalue weighted by Gasteiger charge is 2.26. The smallest absolute Gasteiger partial charge is 0.361 e. The van der Waals surface area contributed by atoms with Crippen molar-refractivity contribution in [2.45, 2.75) is 6.92 Å². The Kier molecular flexibility index (Phi) is 7.16. The molecule has 0 aliphatic carbocycles. The topological polar surface area (TPSA) is 92.1 Å². The van der Waals surface area contributed by atoms with Crippen LogP contribution in [-0.2, 0) is 14.4 Å². The molecule has 0 bridgehead atoms. The number of aromatic nitrogens is 2. The van der Waals surface area contributed by atoms with E-state index in [9.17, 15) is 9.18 Å². The summed E-state index contributed by atoms with van der Waals surface area (Å²) in [4.78, 5) is 24.2. The minimum Gasteiger partial charge on any atom is -0.464 e. The van der Waals surface area contributed by atoms with E-state index >= 15 is 4.39 Å². The third kappa shape index (κ3) is 4.75. The summed E-state index contributed by atoms with van der Waals surface area (Å²) in [5.74, 6) is -3.97. The number of hydrogen-bond donors (Lipinski definition) is 0. The van der Waals surface area contributed by atoms with Gasteiger partial charge in [-0.05, 0) is 31.2 Å². The Morgan fingerprint density at radius 3 is 2.28 bits per heavy atom. The first-order valence-corrected chi connectivity index (χ1v) is 9.34. The Morgan fingerprint density at radius 2 is 1.62 bits per heavy atom. The number of methoxy groups -OCH3 is 1. The number of benzene rings is 2. The van der Waals surface area contributed by atoms with Gasteiger partial charge in [0.2, 0.25) is 11.5 Å². The average molecular weight is 464 g/mol. The van der Waals surface area contributed by atoms with Gasteiger partial charge >= 0.3 is 5.97 Å². The molecule has 0 aliphatic rings. The van der Waals surface area contributed by atoms with Crippen molar-refractivity contribution < 1.29 is 32.6 Å². The molecule has 2 aromatic carbocycles. The molecule has 3 aromatic rings. The Labute approximate surface area is 186 Å². The molecule has 1 heterocycles. The average Bonchev–Trinajstić information content (AvgIpc) is 2.78. The van der Waals surface area contributed by atoms with E-state index in [4.69, 9.17) is 21.1 Å². The van der Waals surface area contributed by atoms with Gasteiger partial charge in [-0.1, -0.05) is 28.9 Å². The molecular weight excluding hydrogens is 448 g/mol. The third-order valence-electron chi connectivity index (χ3n) is 4.13. The van der Waals surface area contributed by atoms with Crippen LogP contribution in [0, 0.1) is 18.6 Å². The molecule has 166 valence electrons. The molecule has 3 rings (SSSR count). The summed E-state index contributed by atoms with van der Waals surface area (Å²) < 4.78 is 45.2. The molecule has 8 nitrogen and oxygen atoms in total. The molecule has 0 amide bonds. The number of rotatable bonds is 7. The van der Waals surface area contributed by atoms with E-state index in [-0.39, 0.29) is 11.5 Å². The van der Waals surface area contributed by atoms with Crippen LogP contribution in [0.1, 0.15) is 11.1 Å². The van der Waals surface area contributed by atoms with Gasteiger partial charge in [-0.15, -0.1) is 0 Å². The minimum atomic E-state index is -1.06. The number of oxime groups is 1. The van der Waals surface area contributed by atoms with Gasteiger partial charge < -0.3 is 19.0 Å². The van der Waals surface area contributed by atoms with E-state index in [0.29, 0.717) is 10.6 Å². The minimum absolute atomic E-state index is 0.270. The Morgan fingerprint density at radius 1 is 1.00 bits per heavy atom. The van der Waals surface area contributed by atoms with E-state index in [0.717, 1.165) is 26.6 Å². The lowest BCUT2D eigenvalue weighted by Gasteiger charge is -2.14. The van der Waals surface area contributed by atoms with Crippen molar-refractivity contribution in [1.82, 2.24) is 9.97 Å². The highest BCUT2D eigenvalue weighted by Crippen LogP contribution is 2.34. The number of hydrogen-bond acceptors (Lipinski definition) is 8. The second-order valence-corrected chi connectivity index (χ2v) is 6.50. The molecule has 0 aliphatic heterocycles. The van der Waals surface area contributed by atoms with E-state index in [1.165, 1.54) is 12.1 Å². The largest absolute Gasteiger partial charge is 0.464 e. The van der Waals surface area contributed by atoms with E-state index in [1.54, 1.807) is 25.1 Å². The van der Waals surface area contributed by atoms with Crippen molar-refractivity contribution in [1.29, 1.82) is 0 Å². The molecular formula is C21H16ClF2N3O5. The third-order valence-corrected chi connectivity index (χ3v) is 4.54. The molecule has 0 saturated carbocycles. The number of carbonyl (C=O) groups is 1. The quantitative estimate of drug-likeness (QED) is 0.281. The predicted octanol–water partition coefficient (Wildman–Crippen LogP) is 4.82. The van der Waals surface area contributed by atoms with Crippen LogP contribution in [0.15, 0.2) is 47.9 Å². The summed E-state index contributed by atoms with van der Waals surface area (Å²) in [5.41, 5.74) is -0.364. The first-order valence-electron chi connectivity index (χ1n) is 8.97. The first kappa shape index (κ1) is 22.9. The van der Waals surface area contributed by atoms with Crippen LogP contribution in [0.5, 0.6) is 23.3 Å². The fraction of sp³-hybridized carbons (Fsp3) is 0.143. The van der Waals surface area contributed by atoms with Crippen molar-refractivity contribution in [3.8, 4) is 23.3 Å². The van der Waals surface area contributed by atoms with Gasteiger partial charge in [-0.2, -0.15) is 14.4 Å². The standard InChI is InChI=1S/C21H16ClF2N3O5/c1-11-12(22)6-4-8-14(11)31-19-17(24)20(26-10-25-19)32-15-9-5-7-13(23)16(15)18(27-30-3)21(28)29-2/h4-10H,1-3H3/b27-18-. The monoisotopic (exact) mass is 463 g/mol. The van der Waals surface area contributed by atoms with Gasteiger partial charge in [-0.25, -0.2) is 9.18 Å². The van der Waals surface area contributed by atoms with Crippen molar-refractivity contribution in [2.24, 2.45) is 5.16 Å². The Hall–Kier alpha value is -3.79. The maximum Gasteiger partial charge on any atom is 0.361 e. The van der Waals surface area contributed by atoms with Gasteiger partial charge in [-0.3, -0.25) is 0 Å². The van der Waals surface area contributed by atoms with Crippen molar-refractivity contribution in [3.63, 3.8) is 0 Å². The number of ether oxygens (including phenoxy) is 3. The first-order chi connectivity index (χ1) is 15.4. The molecule has 0 saturated heterocycles. The van der Waals surface area contributed by atoms with Crippen LogP contribution in [0.3, 0.4) is 0 Å². The summed E-state index contributed by atoms with van der Waals surface area (Å²) in [5, 5.41) is 3.92. The zero-order valence-electron chi connectivity index (χ0n) is 17.1. The van der Waals surface area contributed by atoms with Crippen molar-refractivity contribution in [2.75, 3.05) is 14.2 Å². The summed E-state index contributed by atoms with van der Waals surface area (Å²) in [6.07, 6.45) is 0.997. The van der Waals surface area contributed by atoms with Gasteiger partial charge in [0.25, 0.3) is 11.8 Å². The normalized spacial score (nSPS) is 11.1. The summed E-state index contributed by atoms with van der Waals surface area (Å²) in [7, 11) is 2.25. The number of nitrogens with zero attached hydrogens (tertiary/aromatic N) is 3. The molecule has 0 fully saturated rings. The second-order valence-electron chi connectivity index (χ2n) is 6.09. The SMILES string of the molecule is CO/N=C(\C(=O)OC)c1c(F)cccc1Oc1ncnc(Oc2cccc(Cl)c2C)c1F. The molecule has 0 N–H and O–H groups in total. The van der Waals surface area contributed by atoms with Gasteiger partial charge in [0, 0.05) is 10.6 Å². The lowest BCUT2D eigenvalue weighted by atomic mass is 10.1. The van der Waals surface area contributed by atoms with E-state index in [2.05, 4.69) is 24.7 Å². The van der Waals surface area contributed by atoms with Crippen LogP contribution >= 0.6 is 11.6 Å². The molecule has 32 heavy (non-hydrogen) atoms. The predicted molar refractivity (Wildman–Crippen MR) is 110 cm³/mol. The fourth-order valence-electron chi connectivity index (χ4n) is 2.58. The second kappa shape index (κ2) is 10.0. The molecule has 1 aromatic heterocycles. The highest BCUT2D eigenvalue weighted by atomic mass is 35.5. The van der Waals surface area contributed by atoms with Crippen LogP contribution in [0.4, 0.5) is 8.78 Å². The van der Waals surface area contributed by atoms with Gasteiger partial charge in [0.05, 0.1) is 12.7 Å². The van der Waals surface area contributed by atoms with E-state index in [1.807, 2.05) is 0 Å². The maximum atomic E-state index is 15.0. The van der Waals surface area contributed by atoms with Gasteiger partial charge in [0.15, 0.2) is 0 Å². The molecule has 0 spiro atoms. The fourth-order valence-corrected chi connectivity index (χ4v) is 2.75. The molecule has 0 radical (unpaired) electrons. The van der Waals surface area contributed by atoms with Gasteiger partial charge in [0.1, 0.15) is 30.8 Å². The number of carbonyl (C=O) groups excluding carboxylic acids is 1. The highest BCUT2D eigenvalue weighted by molar-refractivity contribution is 6.43. The lowest BCUT2D eigenvalue weighted by molar-refractivity contribution is -0.132. The Bertz CT molecular complexity index is 1190. The summed E-state index contributed by atoms with van der Waals surface area (Å²) in [6.45, 7) is 1.69. The maximum absolute atomic E-state index is 15.0. The molecule has 0 unspecified atom stereocenters. The molecule has 0 atom stereocenters. The summed E-state index contributed by atoms with van der Waals surface area (Å²) >= 11 is 6.06. The van der Waals surface area contributed by atoms with Crippen LogP contribution in [-0.4, -0.2) is 35.9 Å². The Balaban J connectivity index is 2.01. The van der Waals surface area contributed by atoms with E-state index < -0.39 is 40.6 Å². The molecule has 11 heteroatoms. The van der Waals surface area contributed by atoms with Crippen LogP contribution in [0.25, 0.3) is 0 Å². The zero-order chi connectivity index (χ0) is 23.3. The number of halogens is 3. The number of esters is 1. The van der Waals surface area contributed by atoms with Crippen molar-refractivity contribution >= 4 is 23.3 Å². The lowest BCUT2D eigenvalue weighted by Crippen LogP contribution is -2.20. The zero-order valence-corrected chi connectivity index (χ0v) is 17.8. The summed E-state index contributed by atoms with van der Waals surface area (Å²) in [6, 6.07) is 8.50.